The molecular weight excluding hydrogens is 286 g/mol. The van der Waals surface area contributed by atoms with Gasteiger partial charge in [0, 0.05) is 11.1 Å². The van der Waals surface area contributed by atoms with E-state index in [0.29, 0.717) is 23.4 Å². The maximum Gasteiger partial charge on any atom is 0.241 e. The van der Waals surface area contributed by atoms with Crippen molar-refractivity contribution in [1.82, 2.24) is 4.72 Å². The molecule has 0 spiro atoms. The highest BCUT2D eigenvalue weighted by molar-refractivity contribution is 7.89. The number of sulfonamides is 1. The quantitative estimate of drug-likeness (QED) is 0.900. The van der Waals surface area contributed by atoms with Gasteiger partial charge in [-0.3, -0.25) is 0 Å². The van der Waals surface area contributed by atoms with Gasteiger partial charge in [0.1, 0.15) is 0 Å². The summed E-state index contributed by atoms with van der Waals surface area (Å²) in [5, 5.41) is 10.4. The van der Waals surface area contributed by atoms with Gasteiger partial charge >= 0.3 is 0 Å². The monoisotopic (exact) mass is 303 g/mol. The van der Waals surface area contributed by atoms with Gasteiger partial charge in [-0.1, -0.05) is 24.4 Å². The molecule has 1 aromatic carbocycles. The molecule has 0 heterocycles. The predicted octanol–water partition coefficient (Wildman–Crippen LogP) is 2.23. The Morgan fingerprint density at radius 1 is 1.32 bits per heavy atom. The second kappa shape index (κ2) is 5.79. The highest BCUT2D eigenvalue weighted by Gasteiger charge is 2.28. The van der Waals surface area contributed by atoms with Gasteiger partial charge in [-0.2, -0.15) is 0 Å². The van der Waals surface area contributed by atoms with Crippen LogP contribution in [0.3, 0.4) is 0 Å². The Kier molecular flexibility index (Phi) is 4.50. The zero-order valence-electron chi connectivity index (χ0n) is 10.8. The van der Waals surface area contributed by atoms with Crippen LogP contribution in [0.2, 0.25) is 5.02 Å². The van der Waals surface area contributed by atoms with E-state index < -0.39 is 22.2 Å². The molecule has 0 amide bonds. The summed E-state index contributed by atoms with van der Waals surface area (Å²) in [5.74, 6) is 0. The first-order valence-electron chi connectivity index (χ1n) is 6.37. The van der Waals surface area contributed by atoms with Crippen molar-refractivity contribution in [2.45, 2.75) is 49.6 Å². The third kappa shape index (κ3) is 3.48. The summed E-state index contributed by atoms with van der Waals surface area (Å²) in [6.07, 6.45) is 2.60. The third-order valence-electron chi connectivity index (χ3n) is 3.46. The van der Waals surface area contributed by atoms with Crippen LogP contribution >= 0.6 is 11.6 Å². The number of hydrogen-bond acceptors (Lipinski definition) is 3. The van der Waals surface area contributed by atoms with Crippen molar-refractivity contribution >= 4 is 21.6 Å². The molecule has 19 heavy (non-hydrogen) atoms. The average molecular weight is 304 g/mol. The van der Waals surface area contributed by atoms with E-state index in [1.807, 2.05) is 0 Å². The molecule has 1 aliphatic rings. The second-order valence-electron chi connectivity index (χ2n) is 4.99. The van der Waals surface area contributed by atoms with Gasteiger partial charge in [-0.15, -0.1) is 0 Å². The Morgan fingerprint density at radius 3 is 2.63 bits per heavy atom. The average Bonchev–Trinajstić information content (AvgIpc) is 2.31. The van der Waals surface area contributed by atoms with Gasteiger partial charge in [0.15, 0.2) is 0 Å². The Balaban J connectivity index is 2.22. The molecule has 106 valence electrons. The molecule has 0 aromatic heterocycles. The van der Waals surface area contributed by atoms with E-state index in [1.165, 1.54) is 6.07 Å². The smallest absolute Gasteiger partial charge is 0.241 e. The molecule has 2 N–H and O–H groups in total. The van der Waals surface area contributed by atoms with Crippen molar-refractivity contribution in [2.75, 3.05) is 0 Å². The summed E-state index contributed by atoms with van der Waals surface area (Å²) in [6.45, 7) is 1.71. The Labute approximate surface area is 118 Å². The molecule has 0 aliphatic heterocycles. The van der Waals surface area contributed by atoms with Gasteiger partial charge in [0.2, 0.25) is 10.0 Å². The highest BCUT2D eigenvalue weighted by atomic mass is 35.5. The van der Waals surface area contributed by atoms with Crippen LogP contribution in [0.1, 0.15) is 31.2 Å². The molecule has 0 bridgehead atoms. The maximum absolute atomic E-state index is 12.3. The van der Waals surface area contributed by atoms with E-state index in [1.54, 1.807) is 19.1 Å². The molecule has 6 heteroatoms. The molecule has 1 aromatic rings. The summed E-state index contributed by atoms with van der Waals surface area (Å²) in [5.41, 5.74) is 0.602. The number of hydrogen-bond donors (Lipinski definition) is 2. The molecule has 1 aliphatic carbocycles. The van der Waals surface area contributed by atoms with Crippen LogP contribution in [-0.2, 0) is 10.0 Å². The lowest BCUT2D eigenvalue weighted by molar-refractivity contribution is 0.101. The standard InChI is InChI=1S/C13H18ClNO3S/c1-9-8-10(14)6-7-13(9)19(17,18)15-11-4-2-3-5-12(11)16/h6-8,11-12,15-16H,2-5H2,1H3/t11-,12-/m0/s1. The van der Waals surface area contributed by atoms with Crippen LogP contribution in [0.5, 0.6) is 0 Å². The summed E-state index contributed by atoms with van der Waals surface area (Å²) in [6, 6.07) is 4.28. The summed E-state index contributed by atoms with van der Waals surface area (Å²) in [7, 11) is -3.61. The van der Waals surface area contributed by atoms with Crippen molar-refractivity contribution in [3.63, 3.8) is 0 Å². The van der Waals surface area contributed by atoms with Crippen LogP contribution in [0.4, 0.5) is 0 Å². The van der Waals surface area contributed by atoms with Crippen molar-refractivity contribution in [3.8, 4) is 0 Å². The fourth-order valence-electron chi connectivity index (χ4n) is 2.43. The van der Waals surface area contributed by atoms with E-state index in [-0.39, 0.29) is 4.90 Å². The lowest BCUT2D eigenvalue weighted by Crippen LogP contribution is -2.45. The molecule has 1 saturated carbocycles. The molecule has 2 rings (SSSR count). The van der Waals surface area contributed by atoms with Gasteiger partial charge < -0.3 is 5.11 Å². The number of halogens is 1. The van der Waals surface area contributed by atoms with Gasteiger partial charge in [0.25, 0.3) is 0 Å². The number of aryl methyl sites for hydroxylation is 1. The Bertz CT molecular complexity index is 559. The van der Waals surface area contributed by atoms with Gasteiger partial charge in [-0.25, -0.2) is 13.1 Å². The lowest BCUT2D eigenvalue weighted by Gasteiger charge is -2.28. The predicted molar refractivity (Wildman–Crippen MR) is 74.8 cm³/mol. The van der Waals surface area contributed by atoms with E-state index in [9.17, 15) is 13.5 Å². The SMILES string of the molecule is Cc1cc(Cl)ccc1S(=O)(=O)N[C@H]1CCCC[C@@H]1O. The van der Waals surface area contributed by atoms with Crippen LogP contribution in [0.25, 0.3) is 0 Å². The normalized spacial score (nSPS) is 24.4. The van der Waals surface area contributed by atoms with E-state index in [0.717, 1.165) is 12.8 Å². The topological polar surface area (TPSA) is 66.4 Å². The number of aliphatic hydroxyl groups is 1. The third-order valence-corrected chi connectivity index (χ3v) is 5.35. The minimum atomic E-state index is -3.61. The maximum atomic E-state index is 12.3. The number of nitrogens with one attached hydrogen (secondary N) is 1. The first-order chi connectivity index (χ1) is 8.90. The lowest BCUT2D eigenvalue weighted by atomic mass is 9.93. The van der Waals surface area contributed by atoms with E-state index >= 15 is 0 Å². The molecule has 4 nitrogen and oxygen atoms in total. The first-order valence-corrected chi connectivity index (χ1v) is 8.23. The molecule has 0 unspecified atom stereocenters. The Morgan fingerprint density at radius 2 is 2.00 bits per heavy atom. The fraction of sp³-hybridized carbons (Fsp3) is 0.538. The molecule has 0 radical (unpaired) electrons. The van der Waals surface area contributed by atoms with Gasteiger partial charge in [-0.05, 0) is 43.5 Å². The highest BCUT2D eigenvalue weighted by Crippen LogP contribution is 2.23. The second-order valence-corrected chi connectivity index (χ2v) is 7.11. The van der Waals surface area contributed by atoms with Crippen LogP contribution < -0.4 is 4.72 Å². The van der Waals surface area contributed by atoms with Crippen LogP contribution in [-0.4, -0.2) is 25.7 Å². The minimum absolute atomic E-state index is 0.217. The number of benzene rings is 1. The fourth-order valence-corrected chi connectivity index (χ4v) is 4.18. The summed E-state index contributed by atoms with van der Waals surface area (Å²) in [4.78, 5) is 0.217. The van der Waals surface area contributed by atoms with Crippen molar-refractivity contribution < 1.29 is 13.5 Å². The number of aliphatic hydroxyl groups excluding tert-OH is 1. The largest absolute Gasteiger partial charge is 0.391 e. The van der Waals surface area contributed by atoms with Gasteiger partial charge in [0.05, 0.1) is 11.0 Å². The van der Waals surface area contributed by atoms with Crippen molar-refractivity contribution in [1.29, 1.82) is 0 Å². The minimum Gasteiger partial charge on any atom is -0.391 e. The molecule has 2 atom stereocenters. The van der Waals surface area contributed by atoms with Crippen LogP contribution in [0.15, 0.2) is 23.1 Å². The van der Waals surface area contributed by atoms with E-state index in [4.69, 9.17) is 11.6 Å². The van der Waals surface area contributed by atoms with Crippen LogP contribution in [0, 0.1) is 6.92 Å². The zero-order valence-corrected chi connectivity index (χ0v) is 12.3. The molecule has 0 saturated heterocycles. The Hall–Kier alpha value is -0.620. The number of rotatable bonds is 3. The molecule has 1 fully saturated rings. The molecular formula is C13H18ClNO3S. The van der Waals surface area contributed by atoms with E-state index in [2.05, 4.69) is 4.72 Å². The summed E-state index contributed by atoms with van der Waals surface area (Å²) >= 11 is 5.83. The zero-order chi connectivity index (χ0) is 14.0. The first kappa shape index (κ1) is 14.8. The summed E-state index contributed by atoms with van der Waals surface area (Å²) < 4.78 is 27.2. The van der Waals surface area contributed by atoms with Crippen molar-refractivity contribution in [2.24, 2.45) is 0 Å². The van der Waals surface area contributed by atoms with Crippen molar-refractivity contribution in [3.05, 3.63) is 28.8 Å².